The van der Waals surface area contributed by atoms with Crippen LogP contribution in [0, 0.1) is 5.41 Å². The highest BCUT2D eigenvalue weighted by atomic mass is 16.4. The molecule has 0 aromatic carbocycles. The summed E-state index contributed by atoms with van der Waals surface area (Å²) >= 11 is 0. The van der Waals surface area contributed by atoms with E-state index in [1.807, 2.05) is 12.1 Å². The van der Waals surface area contributed by atoms with Gasteiger partial charge in [0.1, 0.15) is 11.9 Å². The molecule has 84 valence electrons. The lowest BCUT2D eigenvalue weighted by Gasteiger charge is -2.39. The van der Waals surface area contributed by atoms with Gasteiger partial charge in [0.25, 0.3) is 0 Å². The van der Waals surface area contributed by atoms with Gasteiger partial charge in [0, 0.05) is 12.0 Å². The van der Waals surface area contributed by atoms with E-state index in [1.165, 1.54) is 6.42 Å². The minimum Gasteiger partial charge on any atom is -0.467 e. The Morgan fingerprint density at radius 3 is 2.67 bits per heavy atom. The van der Waals surface area contributed by atoms with Gasteiger partial charge in [-0.15, -0.1) is 0 Å². The van der Waals surface area contributed by atoms with E-state index >= 15 is 0 Å². The SMILES string of the molecule is NCC1(C(O)c2ccco2)CCCCC1. The van der Waals surface area contributed by atoms with E-state index in [1.54, 1.807) is 6.26 Å². The van der Waals surface area contributed by atoms with Crippen molar-refractivity contribution in [3.05, 3.63) is 24.2 Å². The van der Waals surface area contributed by atoms with Gasteiger partial charge in [0.15, 0.2) is 0 Å². The highest BCUT2D eigenvalue weighted by Gasteiger charge is 2.39. The largest absolute Gasteiger partial charge is 0.467 e. The lowest BCUT2D eigenvalue weighted by molar-refractivity contribution is -0.0131. The van der Waals surface area contributed by atoms with Crippen LogP contribution >= 0.6 is 0 Å². The van der Waals surface area contributed by atoms with E-state index in [-0.39, 0.29) is 5.41 Å². The average Bonchev–Trinajstić information content (AvgIpc) is 2.82. The zero-order chi connectivity index (χ0) is 10.7. The molecule has 1 fully saturated rings. The number of nitrogens with two attached hydrogens (primary N) is 1. The van der Waals surface area contributed by atoms with E-state index in [4.69, 9.17) is 10.2 Å². The molecule has 1 aliphatic rings. The number of rotatable bonds is 3. The van der Waals surface area contributed by atoms with Gasteiger partial charge in [-0.25, -0.2) is 0 Å². The minimum absolute atomic E-state index is 0.157. The van der Waals surface area contributed by atoms with Crippen LogP contribution in [-0.4, -0.2) is 11.7 Å². The van der Waals surface area contributed by atoms with Crippen molar-refractivity contribution in [3.63, 3.8) is 0 Å². The molecule has 0 radical (unpaired) electrons. The van der Waals surface area contributed by atoms with Gasteiger partial charge in [-0.2, -0.15) is 0 Å². The summed E-state index contributed by atoms with van der Waals surface area (Å²) in [5, 5.41) is 10.3. The van der Waals surface area contributed by atoms with E-state index in [2.05, 4.69) is 0 Å². The first kappa shape index (κ1) is 10.7. The second-order valence-electron chi connectivity index (χ2n) is 4.55. The molecule has 1 unspecified atom stereocenters. The van der Waals surface area contributed by atoms with Crippen LogP contribution in [0.15, 0.2) is 22.8 Å². The van der Waals surface area contributed by atoms with Gasteiger partial charge in [-0.3, -0.25) is 0 Å². The van der Waals surface area contributed by atoms with E-state index < -0.39 is 6.10 Å². The molecule has 3 nitrogen and oxygen atoms in total. The van der Waals surface area contributed by atoms with Gasteiger partial charge in [0.05, 0.1) is 6.26 Å². The molecule has 3 N–H and O–H groups in total. The van der Waals surface area contributed by atoms with Crippen molar-refractivity contribution in [2.45, 2.75) is 38.2 Å². The van der Waals surface area contributed by atoms with Gasteiger partial charge in [-0.1, -0.05) is 19.3 Å². The highest BCUT2D eigenvalue weighted by molar-refractivity contribution is 5.08. The molecule has 0 amide bonds. The lowest BCUT2D eigenvalue weighted by atomic mass is 9.69. The molecule has 1 saturated carbocycles. The van der Waals surface area contributed by atoms with Crippen molar-refractivity contribution in [1.82, 2.24) is 0 Å². The molecule has 1 aromatic rings. The van der Waals surface area contributed by atoms with E-state index in [9.17, 15) is 5.11 Å². The molecule has 1 heterocycles. The third-order valence-corrected chi connectivity index (χ3v) is 3.65. The molecule has 1 aliphatic carbocycles. The van der Waals surface area contributed by atoms with Crippen LogP contribution in [0.1, 0.15) is 44.0 Å². The monoisotopic (exact) mass is 209 g/mol. The summed E-state index contributed by atoms with van der Waals surface area (Å²) in [4.78, 5) is 0. The normalized spacial score (nSPS) is 22.5. The van der Waals surface area contributed by atoms with Gasteiger partial charge in [0.2, 0.25) is 0 Å². The van der Waals surface area contributed by atoms with Crippen molar-refractivity contribution >= 4 is 0 Å². The average molecular weight is 209 g/mol. The predicted molar refractivity (Wildman–Crippen MR) is 58.2 cm³/mol. The number of aliphatic hydroxyl groups excluding tert-OH is 1. The van der Waals surface area contributed by atoms with Crippen LogP contribution in [0.5, 0.6) is 0 Å². The molecular formula is C12H19NO2. The summed E-state index contributed by atoms with van der Waals surface area (Å²) in [5.74, 6) is 0.655. The number of aliphatic hydroxyl groups is 1. The fourth-order valence-corrected chi connectivity index (χ4v) is 2.59. The Hall–Kier alpha value is -0.800. The van der Waals surface area contributed by atoms with Gasteiger partial charge >= 0.3 is 0 Å². The molecule has 15 heavy (non-hydrogen) atoms. The summed E-state index contributed by atoms with van der Waals surface area (Å²) in [6, 6.07) is 3.64. The molecule has 1 atom stereocenters. The summed E-state index contributed by atoms with van der Waals surface area (Å²) in [6.07, 6.45) is 6.65. The molecule has 0 spiro atoms. The van der Waals surface area contributed by atoms with Crippen molar-refractivity contribution < 1.29 is 9.52 Å². The third-order valence-electron chi connectivity index (χ3n) is 3.65. The first-order chi connectivity index (χ1) is 7.28. The van der Waals surface area contributed by atoms with Gasteiger partial charge in [-0.05, 0) is 25.0 Å². The van der Waals surface area contributed by atoms with Crippen molar-refractivity contribution in [2.24, 2.45) is 11.1 Å². The quantitative estimate of drug-likeness (QED) is 0.802. The summed E-state index contributed by atoms with van der Waals surface area (Å²) in [7, 11) is 0. The maximum Gasteiger partial charge on any atom is 0.132 e. The summed E-state index contributed by atoms with van der Waals surface area (Å²) in [6.45, 7) is 0.537. The van der Waals surface area contributed by atoms with Gasteiger partial charge < -0.3 is 15.3 Å². The Morgan fingerprint density at radius 1 is 1.40 bits per heavy atom. The number of hydrogen-bond acceptors (Lipinski definition) is 3. The van der Waals surface area contributed by atoms with Crippen molar-refractivity contribution in [3.8, 4) is 0 Å². The Balaban J connectivity index is 2.18. The molecule has 2 rings (SSSR count). The Labute approximate surface area is 90.3 Å². The number of furan rings is 1. The minimum atomic E-state index is -0.544. The molecule has 0 bridgehead atoms. The first-order valence-corrected chi connectivity index (χ1v) is 5.70. The Kier molecular flexibility index (Phi) is 3.12. The molecule has 0 aliphatic heterocycles. The van der Waals surface area contributed by atoms with Crippen LogP contribution in [0.2, 0.25) is 0 Å². The predicted octanol–water partition coefficient (Wildman–Crippen LogP) is 2.22. The Morgan fingerprint density at radius 2 is 2.13 bits per heavy atom. The zero-order valence-corrected chi connectivity index (χ0v) is 8.98. The van der Waals surface area contributed by atoms with Crippen LogP contribution < -0.4 is 5.73 Å². The fourth-order valence-electron chi connectivity index (χ4n) is 2.59. The third kappa shape index (κ3) is 1.94. The highest BCUT2D eigenvalue weighted by Crippen LogP contribution is 2.45. The fraction of sp³-hybridized carbons (Fsp3) is 0.667. The second kappa shape index (κ2) is 4.37. The van der Waals surface area contributed by atoms with Crippen LogP contribution in [0.25, 0.3) is 0 Å². The van der Waals surface area contributed by atoms with Crippen LogP contribution in [0.3, 0.4) is 0 Å². The summed E-state index contributed by atoms with van der Waals surface area (Å²) < 4.78 is 5.27. The molecule has 1 aromatic heterocycles. The van der Waals surface area contributed by atoms with Crippen LogP contribution in [0.4, 0.5) is 0 Å². The zero-order valence-electron chi connectivity index (χ0n) is 8.98. The van der Waals surface area contributed by atoms with E-state index in [0.717, 1.165) is 25.7 Å². The van der Waals surface area contributed by atoms with E-state index in [0.29, 0.717) is 12.3 Å². The maximum absolute atomic E-state index is 10.3. The standard InChI is InChI=1S/C12H19NO2/c13-9-12(6-2-1-3-7-12)11(14)10-5-4-8-15-10/h4-5,8,11,14H,1-3,6-7,9,13H2. The molecular weight excluding hydrogens is 190 g/mol. The molecule has 0 saturated heterocycles. The Bertz CT molecular complexity index is 289. The maximum atomic E-state index is 10.3. The lowest BCUT2D eigenvalue weighted by Crippen LogP contribution is -2.38. The first-order valence-electron chi connectivity index (χ1n) is 5.70. The summed E-state index contributed by atoms with van der Waals surface area (Å²) in [5.41, 5.74) is 5.69. The second-order valence-corrected chi connectivity index (χ2v) is 4.55. The van der Waals surface area contributed by atoms with Crippen molar-refractivity contribution in [1.29, 1.82) is 0 Å². The smallest absolute Gasteiger partial charge is 0.132 e. The van der Waals surface area contributed by atoms with Crippen molar-refractivity contribution in [2.75, 3.05) is 6.54 Å². The number of hydrogen-bond donors (Lipinski definition) is 2. The van der Waals surface area contributed by atoms with Crippen LogP contribution in [-0.2, 0) is 0 Å². The molecule has 3 heteroatoms. The topological polar surface area (TPSA) is 59.4 Å².